The van der Waals surface area contributed by atoms with Gasteiger partial charge in [0.15, 0.2) is 10.9 Å². The van der Waals surface area contributed by atoms with E-state index in [-0.39, 0.29) is 27.3 Å². The molecule has 2 N–H and O–H groups in total. The summed E-state index contributed by atoms with van der Waals surface area (Å²) in [5, 5.41) is 5.69. The van der Waals surface area contributed by atoms with Crippen LogP contribution in [-0.2, 0) is 10.7 Å². The van der Waals surface area contributed by atoms with Gasteiger partial charge in [0.2, 0.25) is 0 Å². The zero-order valence-electron chi connectivity index (χ0n) is 19.9. The molecule has 0 heterocycles. The Labute approximate surface area is 238 Å². The SMILES string of the molecule is O=P(Oc1ccccc1)(Oc1ccccc1)[C@@H](NC(=S)Nc1cc(C(F)(F)F)ccc1Cl)c1cccc(Cl)c1. The number of halogens is 5. The fourth-order valence-electron chi connectivity index (χ4n) is 3.48. The smallest absolute Gasteiger partial charge is 0.414 e. The maximum absolute atomic E-state index is 14.6. The molecule has 202 valence electrons. The van der Waals surface area contributed by atoms with Crippen molar-refractivity contribution in [1.29, 1.82) is 0 Å². The number of para-hydroxylation sites is 2. The molecule has 0 unspecified atom stereocenters. The average molecular weight is 611 g/mol. The molecule has 0 aliphatic carbocycles. The second kappa shape index (κ2) is 12.3. The van der Waals surface area contributed by atoms with E-state index >= 15 is 0 Å². The van der Waals surface area contributed by atoms with Crippen LogP contribution in [0.5, 0.6) is 11.5 Å². The average Bonchev–Trinajstić information content (AvgIpc) is 2.89. The number of anilines is 1. The Morgan fingerprint density at radius 3 is 1.95 bits per heavy atom. The van der Waals surface area contributed by atoms with E-state index in [9.17, 15) is 17.7 Å². The number of rotatable bonds is 8. The highest BCUT2D eigenvalue weighted by molar-refractivity contribution is 7.80. The minimum atomic E-state index is -4.60. The van der Waals surface area contributed by atoms with Crippen LogP contribution in [-0.4, -0.2) is 5.11 Å². The van der Waals surface area contributed by atoms with Crippen molar-refractivity contribution in [3.05, 3.63) is 124 Å². The number of alkyl halides is 3. The number of hydrogen-bond acceptors (Lipinski definition) is 4. The summed E-state index contributed by atoms with van der Waals surface area (Å²) >= 11 is 17.8. The van der Waals surface area contributed by atoms with E-state index in [0.717, 1.165) is 18.2 Å². The van der Waals surface area contributed by atoms with Crippen LogP contribution in [0, 0.1) is 0 Å². The van der Waals surface area contributed by atoms with E-state index in [2.05, 4.69) is 10.6 Å². The van der Waals surface area contributed by atoms with Gasteiger partial charge in [0, 0.05) is 5.02 Å². The van der Waals surface area contributed by atoms with Crippen LogP contribution in [0.25, 0.3) is 0 Å². The Morgan fingerprint density at radius 1 is 0.821 bits per heavy atom. The molecule has 4 aromatic rings. The normalized spacial score (nSPS) is 12.3. The fraction of sp³-hybridized carbons (Fsp3) is 0.0741. The van der Waals surface area contributed by atoms with Crippen molar-refractivity contribution in [2.45, 2.75) is 12.0 Å². The van der Waals surface area contributed by atoms with Crippen molar-refractivity contribution in [3.8, 4) is 11.5 Å². The highest BCUT2D eigenvalue weighted by Gasteiger charge is 2.42. The summed E-state index contributed by atoms with van der Waals surface area (Å²) in [5.41, 5.74) is -0.636. The summed E-state index contributed by atoms with van der Waals surface area (Å²) in [7, 11) is -4.23. The Bertz CT molecular complexity index is 1450. The molecular weight excluding hydrogens is 591 g/mol. The third-order valence-electron chi connectivity index (χ3n) is 5.24. The second-order valence-corrected chi connectivity index (χ2v) is 11.3. The summed E-state index contributed by atoms with van der Waals surface area (Å²) in [5.74, 6) is -0.739. The number of thiocarbonyl (C=S) groups is 1. The number of benzene rings is 4. The van der Waals surface area contributed by atoms with Crippen LogP contribution in [0.4, 0.5) is 18.9 Å². The zero-order chi connectivity index (χ0) is 28.0. The van der Waals surface area contributed by atoms with E-state index in [1.807, 2.05) is 0 Å². The van der Waals surface area contributed by atoms with E-state index in [0.29, 0.717) is 10.6 Å². The first-order chi connectivity index (χ1) is 18.5. The monoisotopic (exact) mass is 610 g/mol. The van der Waals surface area contributed by atoms with Crippen molar-refractivity contribution >= 4 is 53.8 Å². The van der Waals surface area contributed by atoms with Gasteiger partial charge < -0.3 is 19.7 Å². The Morgan fingerprint density at radius 2 is 1.41 bits per heavy atom. The highest BCUT2D eigenvalue weighted by atomic mass is 35.5. The fourth-order valence-corrected chi connectivity index (χ4v) is 6.05. The van der Waals surface area contributed by atoms with E-state index < -0.39 is 25.1 Å². The molecular formula is C27H20Cl2F3N2O3PS. The van der Waals surface area contributed by atoms with Gasteiger partial charge in [0.1, 0.15) is 11.5 Å². The molecule has 0 aliphatic heterocycles. The van der Waals surface area contributed by atoms with E-state index in [4.69, 9.17) is 44.5 Å². The first-order valence-electron chi connectivity index (χ1n) is 11.3. The first-order valence-corrected chi connectivity index (χ1v) is 14.1. The van der Waals surface area contributed by atoms with Crippen LogP contribution in [0.1, 0.15) is 16.9 Å². The highest BCUT2D eigenvalue weighted by Crippen LogP contribution is 2.59. The standard InChI is InChI=1S/C27H20Cl2F3N2O3PS/c28-20-9-7-8-18(16-20)25(34-26(39)33-24-17-19(27(30,31)32)14-15-23(24)29)38(35,36-21-10-3-1-4-11-21)37-22-12-5-2-6-13-22/h1-17,25H,(H2,33,34,39)/t25-/m1/s1. The van der Waals surface area contributed by atoms with Gasteiger partial charge in [-0.25, -0.2) is 4.57 Å². The van der Waals surface area contributed by atoms with Crippen LogP contribution >= 0.6 is 43.0 Å². The lowest BCUT2D eigenvalue weighted by Crippen LogP contribution is -2.34. The minimum absolute atomic E-state index is 0.00397. The maximum Gasteiger partial charge on any atom is 0.457 e. The maximum atomic E-state index is 14.6. The molecule has 0 radical (unpaired) electrons. The predicted octanol–water partition coefficient (Wildman–Crippen LogP) is 9.35. The number of hydrogen-bond donors (Lipinski definition) is 2. The van der Waals surface area contributed by atoms with Gasteiger partial charge in [0.05, 0.1) is 16.3 Å². The van der Waals surface area contributed by atoms with Crippen molar-refractivity contribution in [3.63, 3.8) is 0 Å². The third kappa shape index (κ3) is 7.67. The quantitative estimate of drug-likeness (QED) is 0.153. The van der Waals surface area contributed by atoms with Crippen LogP contribution in [0.3, 0.4) is 0 Å². The largest absolute Gasteiger partial charge is 0.457 e. The van der Waals surface area contributed by atoms with E-state index in [1.54, 1.807) is 84.9 Å². The van der Waals surface area contributed by atoms with Crippen LogP contribution in [0.2, 0.25) is 10.0 Å². The molecule has 4 aromatic carbocycles. The second-order valence-electron chi connectivity index (χ2n) is 8.10. The summed E-state index contributed by atoms with van der Waals surface area (Å²) in [6.07, 6.45) is -4.60. The van der Waals surface area contributed by atoms with Crippen molar-refractivity contribution < 1.29 is 26.8 Å². The molecule has 0 amide bonds. The minimum Gasteiger partial charge on any atom is -0.414 e. The molecule has 4 rings (SSSR count). The summed E-state index contributed by atoms with van der Waals surface area (Å²) < 4.78 is 66.3. The first kappa shape index (κ1) is 28.8. The summed E-state index contributed by atoms with van der Waals surface area (Å²) in [4.78, 5) is 0. The van der Waals surface area contributed by atoms with Gasteiger partial charge in [-0.05, 0) is 72.4 Å². The zero-order valence-corrected chi connectivity index (χ0v) is 23.1. The van der Waals surface area contributed by atoms with Gasteiger partial charge in [0.25, 0.3) is 0 Å². The molecule has 12 heteroatoms. The van der Waals surface area contributed by atoms with Crippen molar-refractivity contribution in [2.24, 2.45) is 0 Å². The third-order valence-corrected chi connectivity index (χ3v) is 8.02. The lowest BCUT2D eigenvalue weighted by molar-refractivity contribution is -0.137. The topological polar surface area (TPSA) is 59.6 Å². The molecule has 0 bridgehead atoms. The molecule has 0 spiro atoms. The Hall–Kier alpha value is -3.23. The molecule has 1 atom stereocenters. The Kier molecular flexibility index (Phi) is 9.08. The van der Waals surface area contributed by atoms with Gasteiger partial charge in [-0.15, -0.1) is 0 Å². The van der Waals surface area contributed by atoms with Gasteiger partial charge in [-0.3, -0.25) is 0 Å². The predicted molar refractivity (Wildman–Crippen MR) is 152 cm³/mol. The van der Waals surface area contributed by atoms with Gasteiger partial charge in [-0.2, -0.15) is 13.2 Å². The lowest BCUT2D eigenvalue weighted by Gasteiger charge is -2.29. The number of nitrogens with one attached hydrogen (secondary N) is 2. The Balaban J connectivity index is 1.73. The van der Waals surface area contributed by atoms with Crippen LogP contribution in [0.15, 0.2) is 103 Å². The molecule has 0 saturated heterocycles. The summed E-state index contributed by atoms with van der Waals surface area (Å²) in [6.45, 7) is 0. The molecule has 0 aromatic heterocycles. The molecule has 0 aliphatic rings. The van der Waals surface area contributed by atoms with Crippen molar-refractivity contribution in [1.82, 2.24) is 5.32 Å². The molecule has 0 fully saturated rings. The van der Waals surface area contributed by atoms with Gasteiger partial charge >= 0.3 is 13.8 Å². The van der Waals surface area contributed by atoms with Crippen molar-refractivity contribution in [2.75, 3.05) is 5.32 Å². The van der Waals surface area contributed by atoms with E-state index in [1.165, 1.54) is 0 Å². The molecule has 5 nitrogen and oxygen atoms in total. The van der Waals surface area contributed by atoms with Crippen LogP contribution < -0.4 is 19.7 Å². The van der Waals surface area contributed by atoms with Gasteiger partial charge in [-0.1, -0.05) is 71.7 Å². The molecule has 39 heavy (non-hydrogen) atoms. The lowest BCUT2D eigenvalue weighted by atomic mass is 10.2. The molecule has 0 saturated carbocycles. The summed E-state index contributed by atoms with van der Waals surface area (Å²) in [6, 6.07) is 26.0.